The van der Waals surface area contributed by atoms with Gasteiger partial charge in [0.15, 0.2) is 11.5 Å². The number of aromatic nitrogens is 2. The number of nitrogens with zero attached hydrogens (tertiary/aromatic N) is 5. The summed E-state index contributed by atoms with van der Waals surface area (Å²) in [6.07, 6.45) is 14.5. The fourth-order valence-corrected chi connectivity index (χ4v) is 5.40. The van der Waals surface area contributed by atoms with E-state index < -0.39 is 0 Å². The first-order valence-electron chi connectivity index (χ1n) is 13.3. The van der Waals surface area contributed by atoms with Crippen LogP contribution in [0.15, 0.2) is 78.4 Å². The molecular formula is C29H33FN6O2. The van der Waals surface area contributed by atoms with Crippen molar-refractivity contribution in [3.8, 4) is 11.1 Å². The van der Waals surface area contributed by atoms with Gasteiger partial charge in [-0.3, -0.25) is 4.90 Å². The molecule has 3 aliphatic heterocycles. The molecule has 1 aromatic carbocycles. The first kappa shape index (κ1) is 24.6. The van der Waals surface area contributed by atoms with Gasteiger partial charge < -0.3 is 25.0 Å². The van der Waals surface area contributed by atoms with E-state index in [1.165, 1.54) is 30.5 Å². The van der Waals surface area contributed by atoms with E-state index in [-0.39, 0.29) is 11.9 Å². The number of piperazine rings is 1. The Bertz CT molecular complexity index is 1280. The lowest BCUT2D eigenvalue weighted by molar-refractivity contribution is 0.0750. The molecule has 1 aromatic heterocycles. The molecule has 0 unspecified atom stereocenters. The van der Waals surface area contributed by atoms with Crippen molar-refractivity contribution >= 4 is 11.6 Å². The van der Waals surface area contributed by atoms with Crippen LogP contribution in [0.1, 0.15) is 19.3 Å². The van der Waals surface area contributed by atoms with E-state index in [0.29, 0.717) is 5.82 Å². The molecule has 0 saturated carbocycles. The zero-order valence-corrected chi connectivity index (χ0v) is 21.4. The van der Waals surface area contributed by atoms with Gasteiger partial charge in [-0.05, 0) is 55.6 Å². The number of hydrogen-bond acceptors (Lipinski definition) is 8. The van der Waals surface area contributed by atoms with Gasteiger partial charge in [-0.1, -0.05) is 30.4 Å². The molecule has 4 heterocycles. The summed E-state index contributed by atoms with van der Waals surface area (Å²) in [7, 11) is 0. The van der Waals surface area contributed by atoms with Crippen molar-refractivity contribution in [1.82, 2.24) is 19.8 Å². The molecule has 2 saturated heterocycles. The molecule has 4 aliphatic rings. The predicted octanol–water partition coefficient (Wildman–Crippen LogP) is 4.07. The first-order valence-corrected chi connectivity index (χ1v) is 13.3. The number of nitrogen functional groups attached to an aromatic ring is 1. The largest absolute Gasteiger partial charge is 0.465 e. The molecule has 2 fully saturated rings. The van der Waals surface area contributed by atoms with E-state index >= 15 is 0 Å². The minimum atomic E-state index is -0.287. The number of anilines is 2. The highest BCUT2D eigenvalue weighted by Gasteiger charge is 2.34. The highest BCUT2D eigenvalue weighted by atomic mass is 19.1. The van der Waals surface area contributed by atoms with E-state index in [9.17, 15) is 4.39 Å². The molecule has 0 amide bonds. The maximum Gasteiger partial charge on any atom is 0.165 e. The maximum absolute atomic E-state index is 13.6. The van der Waals surface area contributed by atoms with Crippen molar-refractivity contribution < 1.29 is 13.9 Å². The number of rotatable bonds is 7. The lowest BCUT2D eigenvalue weighted by atomic mass is 10.0. The number of likely N-dealkylation sites (tertiary alicyclic amines) is 1. The molecule has 6 rings (SSSR count). The number of allylic oxidation sites excluding steroid dienone is 4. The molecule has 9 heteroatoms. The highest BCUT2D eigenvalue weighted by Crippen LogP contribution is 2.34. The van der Waals surface area contributed by atoms with E-state index in [1.807, 2.05) is 0 Å². The van der Waals surface area contributed by atoms with Crippen LogP contribution in [0.25, 0.3) is 11.1 Å². The van der Waals surface area contributed by atoms with Crippen LogP contribution in [-0.2, 0) is 9.47 Å². The molecule has 38 heavy (non-hydrogen) atoms. The summed E-state index contributed by atoms with van der Waals surface area (Å²) in [5.41, 5.74) is 9.00. The van der Waals surface area contributed by atoms with Gasteiger partial charge in [0, 0.05) is 32.7 Å². The van der Waals surface area contributed by atoms with Crippen LogP contribution in [0, 0.1) is 5.82 Å². The maximum atomic E-state index is 13.6. The average Bonchev–Trinajstić information content (AvgIpc) is 2.94. The molecule has 0 radical (unpaired) electrons. The Morgan fingerprint density at radius 2 is 1.82 bits per heavy atom. The van der Waals surface area contributed by atoms with Crippen molar-refractivity contribution in [2.75, 3.05) is 56.4 Å². The third-order valence-corrected chi connectivity index (χ3v) is 7.67. The third-order valence-electron chi connectivity index (χ3n) is 7.67. The summed E-state index contributed by atoms with van der Waals surface area (Å²) in [5, 5.41) is 0. The second-order valence-electron chi connectivity index (χ2n) is 10.1. The molecule has 1 atom stereocenters. The van der Waals surface area contributed by atoms with Gasteiger partial charge in [-0.15, -0.1) is 0 Å². The van der Waals surface area contributed by atoms with Crippen LogP contribution in [-0.4, -0.2) is 71.6 Å². The Hall–Kier alpha value is -3.69. The normalized spacial score (nSPS) is 21.0. The lowest BCUT2D eigenvalue weighted by Gasteiger charge is -2.43. The number of halogens is 1. The second-order valence-corrected chi connectivity index (χ2v) is 10.1. The quantitative estimate of drug-likeness (QED) is 0.590. The lowest BCUT2D eigenvalue weighted by Crippen LogP contribution is -2.56. The van der Waals surface area contributed by atoms with Crippen molar-refractivity contribution in [3.05, 3.63) is 84.3 Å². The van der Waals surface area contributed by atoms with Gasteiger partial charge in [-0.2, -0.15) is 0 Å². The molecule has 0 bridgehead atoms. The fraction of sp³-hybridized carbons (Fsp3) is 0.379. The Kier molecular flexibility index (Phi) is 7.11. The van der Waals surface area contributed by atoms with Crippen molar-refractivity contribution in [2.24, 2.45) is 0 Å². The van der Waals surface area contributed by atoms with Gasteiger partial charge in [0.2, 0.25) is 0 Å². The number of ether oxygens (including phenoxy) is 2. The first-order chi connectivity index (χ1) is 18.7. The molecule has 2 aromatic rings. The average molecular weight is 517 g/mol. The zero-order chi connectivity index (χ0) is 25.9. The summed E-state index contributed by atoms with van der Waals surface area (Å²) in [6, 6.07) is 6.41. The fourth-order valence-electron chi connectivity index (χ4n) is 5.40. The smallest absolute Gasteiger partial charge is 0.165 e. The van der Waals surface area contributed by atoms with Gasteiger partial charge in [0.05, 0.1) is 11.6 Å². The van der Waals surface area contributed by atoms with E-state index in [4.69, 9.17) is 15.2 Å². The van der Waals surface area contributed by atoms with Gasteiger partial charge >= 0.3 is 0 Å². The highest BCUT2D eigenvalue weighted by molar-refractivity contribution is 5.84. The van der Waals surface area contributed by atoms with E-state index in [2.05, 4.69) is 42.9 Å². The van der Waals surface area contributed by atoms with Crippen LogP contribution >= 0.6 is 0 Å². The number of hydrogen-bond donors (Lipinski definition) is 1. The molecule has 2 N–H and O–H groups in total. The Morgan fingerprint density at radius 3 is 2.53 bits per heavy atom. The van der Waals surface area contributed by atoms with Crippen LogP contribution in [0.3, 0.4) is 0 Å². The summed E-state index contributed by atoms with van der Waals surface area (Å²) in [6.45, 7) is 6.34. The van der Waals surface area contributed by atoms with Crippen LogP contribution in [0.5, 0.6) is 0 Å². The Morgan fingerprint density at radius 1 is 1.00 bits per heavy atom. The van der Waals surface area contributed by atoms with Crippen LogP contribution in [0.4, 0.5) is 16.0 Å². The summed E-state index contributed by atoms with van der Waals surface area (Å²) < 4.78 is 25.8. The van der Waals surface area contributed by atoms with E-state index in [1.54, 1.807) is 24.7 Å². The van der Waals surface area contributed by atoms with E-state index in [0.717, 1.165) is 87.1 Å². The molecule has 8 nitrogen and oxygen atoms in total. The zero-order valence-electron chi connectivity index (χ0n) is 21.4. The standard InChI is InChI=1S/C29H33FN6O2/c30-23-9-7-22(8-10-23)27-28(31)32-20-33-29(27)36-15-13-35(14-16-36)24(17-34-11-4-12-34)26-19-37-18-25(38-26)21-5-2-1-3-6-21/h1-2,5,7-10,18-20,24H,3-4,6,11-17H2,(H2,31,32,33)/t24-/m1/s1. The van der Waals surface area contributed by atoms with Gasteiger partial charge in [-0.25, -0.2) is 14.4 Å². The predicted molar refractivity (Wildman–Crippen MR) is 145 cm³/mol. The monoisotopic (exact) mass is 516 g/mol. The van der Waals surface area contributed by atoms with Crippen LogP contribution < -0.4 is 10.6 Å². The van der Waals surface area contributed by atoms with Crippen molar-refractivity contribution in [2.45, 2.75) is 25.3 Å². The number of benzene rings is 1. The minimum Gasteiger partial charge on any atom is -0.465 e. The SMILES string of the molecule is Nc1ncnc(N2CCN([C@H](CN3CCC3)C3=COC=C(C4=CC=CCC4)O3)CC2)c1-c1ccc(F)cc1. The summed E-state index contributed by atoms with van der Waals surface area (Å²) >= 11 is 0. The number of nitrogens with two attached hydrogens (primary N) is 1. The Balaban J connectivity index is 1.19. The third kappa shape index (κ3) is 5.16. The second kappa shape index (κ2) is 11.0. The topological polar surface area (TPSA) is 80.0 Å². The molecule has 0 spiro atoms. The summed E-state index contributed by atoms with van der Waals surface area (Å²) in [5.74, 6) is 2.55. The van der Waals surface area contributed by atoms with Crippen LogP contribution in [0.2, 0.25) is 0 Å². The van der Waals surface area contributed by atoms with Crippen molar-refractivity contribution in [1.29, 1.82) is 0 Å². The Labute approximate surface area is 222 Å². The molecule has 198 valence electrons. The van der Waals surface area contributed by atoms with Gasteiger partial charge in [0.25, 0.3) is 0 Å². The summed E-state index contributed by atoms with van der Waals surface area (Å²) in [4.78, 5) is 16.0. The minimum absolute atomic E-state index is 0.0907. The molecular weight excluding hydrogens is 483 g/mol. The van der Waals surface area contributed by atoms with Gasteiger partial charge in [0.1, 0.15) is 36.3 Å². The molecule has 1 aliphatic carbocycles. The van der Waals surface area contributed by atoms with Crippen molar-refractivity contribution in [3.63, 3.8) is 0 Å².